The molecule has 2 aromatic heterocycles. The van der Waals surface area contributed by atoms with E-state index in [1.54, 1.807) is 24.4 Å². The van der Waals surface area contributed by atoms with Crippen molar-refractivity contribution < 1.29 is 17.2 Å². The Balaban J connectivity index is 1.98. The maximum Gasteiger partial charge on any atom is 0.236 e. The topological polar surface area (TPSA) is 84.8 Å². The molecule has 178 valence electrons. The maximum atomic E-state index is 15.5. The van der Waals surface area contributed by atoms with Gasteiger partial charge in [0.2, 0.25) is 10.0 Å². The minimum atomic E-state index is -3.90. The summed E-state index contributed by atoms with van der Waals surface area (Å²) in [6, 6.07) is 6.16. The predicted octanol–water partition coefficient (Wildman–Crippen LogP) is 6.04. The van der Waals surface area contributed by atoms with Crippen LogP contribution in [0.4, 0.5) is 14.5 Å². The van der Waals surface area contributed by atoms with Crippen LogP contribution in [0.1, 0.15) is 25.8 Å². The molecule has 2 heterocycles. The largest absolute Gasteiger partial charge is 0.280 e. The Morgan fingerprint density at radius 3 is 2.65 bits per heavy atom. The molecule has 0 fully saturated rings. The molecular formula is C24H24F2N4O2S2. The van der Waals surface area contributed by atoms with Crippen LogP contribution < -0.4 is 4.72 Å². The lowest BCUT2D eigenvalue weighted by Crippen LogP contribution is -2.16. The lowest BCUT2D eigenvalue weighted by molar-refractivity contribution is 0.585. The molecule has 3 aromatic rings. The molecule has 0 spiro atoms. The number of nitrogens with one attached hydrogen (secondary N) is 1. The maximum absolute atomic E-state index is 15.5. The van der Waals surface area contributed by atoms with Crippen molar-refractivity contribution in [3.8, 4) is 21.8 Å². The lowest BCUT2D eigenvalue weighted by Gasteiger charge is -2.13. The molecule has 0 atom stereocenters. The van der Waals surface area contributed by atoms with Gasteiger partial charge in [-0.2, -0.15) is 0 Å². The molecule has 0 bridgehead atoms. The molecule has 0 saturated heterocycles. The SMILES string of the molecule is C=C(F)/C=C\C=C/CS(=O)(=O)Nc1cccc(-c2nc(C(C)(C)C)sc2-c2ccncn2)c1F. The van der Waals surface area contributed by atoms with E-state index < -0.39 is 27.4 Å². The van der Waals surface area contributed by atoms with Crippen molar-refractivity contribution in [3.63, 3.8) is 0 Å². The highest BCUT2D eigenvalue weighted by Crippen LogP contribution is 2.41. The van der Waals surface area contributed by atoms with Gasteiger partial charge in [-0.1, -0.05) is 51.6 Å². The Morgan fingerprint density at radius 2 is 2.00 bits per heavy atom. The molecule has 10 heteroatoms. The highest BCUT2D eigenvalue weighted by molar-refractivity contribution is 7.92. The fourth-order valence-electron chi connectivity index (χ4n) is 2.85. The number of allylic oxidation sites excluding steroid dienone is 4. The normalized spacial score (nSPS) is 12.5. The molecule has 3 rings (SSSR count). The zero-order valence-corrected chi connectivity index (χ0v) is 20.6. The monoisotopic (exact) mass is 502 g/mol. The van der Waals surface area contributed by atoms with E-state index in [-0.39, 0.29) is 16.7 Å². The van der Waals surface area contributed by atoms with Crippen LogP contribution in [0.25, 0.3) is 21.8 Å². The van der Waals surface area contributed by atoms with E-state index in [1.165, 1.54) is 42.0 Å². The van der Waals surface area contributed by atoms with Crippen molar-refractivity contribution in [2.24, 2.45) is 0 Å². The fourth-order valence-corrected chi connectivity index (χ4v) is 4.90. The second kappa shape index (κ2) is 10.4. The summed E-state index contributed by atoms with van der Waals surface area (Å²) in [4.78, 5) is 13.6. The van der Waals surface area contributed by atoms with Crippen LogP contribution in [0.15, 0.2) is 73.5 Å². The van der Waals surface area contributed by atoms with Gasteiger partial charge in [0.25, 0.3) is 0 Å². The van der Waals surface area contributed by atoms with E-state index in [2.05, 4.69) is 21.3 Å². The highest BCUT2D eigenvalue weighted by atomic mass is 32.2. The smallest absolute Gasteiger partial charge is 0.236 e. The average molecular weight is 503 g/mol. The van der Waals surface area contributed by atoms with Crippen molar-refractivity contribution in [2.75, 3.05) is 10.5 Å². The summed E-state index contributed by atoms with van der Waals surface area (Å²) in [7, 11) is -3.90. The first kappa shape index (κ1) is 25.4. The third kappa shape index (κ3) is 6.42. The van der Waals surface area contributed by atoms with Gasteiger partial charge in [-0.05, 0) is 24.3 Å². The Kier molecular flexibility index (Phi) is 7.73. The molecule has 0 aliphatic rings. The number of hydrogen-bond acceptors (Lipinski definition) is 6. The van der Waals surface area contributed by atoms with Crippen LogP contribution in [0.5, 0.6) is 0 Å². The van der Waals surface area contributed by atoms with Gasteiger partial charge in [-0.25, -0.2) is 32.2 Å². The number of nitrogens with zero attached hydrogens (tertiary/aromatic N) is 3. The van der Waals surface area contributed by atoms with Crippen molar-refractivity contribution in [2.45, 2.75) is 26.2 Å². The zero-order valence-electron chi connectivity index (χ0n) is 18.9. The van der Waals surface area contributed by atoms with Gasteiger partial charge in [0.05, 0.1) is 32.7 Å². The first-order valence-corrected chi connectivity index (χ1v) is 12.7. The summed E-state index contributed by atoms with van der Waals surface area (Å²) in [5.74, 6) is -1.82. The van der Waals surface area contributed by atoms with Gasteiger partial charge in [0, 0.05) is 17.2 Å². The molecule has 0 aliphatic carbocycles. The van der Waals surface area contributed by atoms with Gasteiger partial charge in [0.1, 0.15) is 12.2 Å². The van der Waals surface area contributed by atoms with E-state index in [4.69, 9.17) is 4.98 Å². The van der Waals surface area contributed by atoms with Crippen molar-refractivity contribution in [1.29, 1.82) is 0 Å². The molecule has 6 nitrogen and oxygen atoms in total. The van der Waals surface area contributed by atoms with E-state index in [1.807, 2.05) is 20.8 Å². The number of halogens is 2. The summed E-state index contributed by atoms with van der Waals surface area (Å²) in [5, 5.41) is 0.788. The lowest BCUT2D eigenvalue weighted by atomic mass is 9.98. The number of hydrogen-bond donors (Lipinski definition) is 1. The quantitative estimate of drug-likeness (QED) is 0.380. The van der Waals surface area contributed by atoms with Crippen molar-refractivity contribution in [1.82, 2.24) is 15.0 Å². The first-order chi connectivity index (χ1) is 16.0. The van der Waals surface area contributed by atoms with Gasteiger partial charge < -0.3 is 0 Å². The third-order valence-electron chi connectivity index (χ3n) is 4.44. The summed E-state index contributed by atoms with van der Waals surface area (Å²) >= 11 is 1.40. The molecule has 0 aliphatic heterocycles. The first-order valence-electron chi connectivity index (χ1n) is 10.2. The van der Waals surface area contributed by atoms with E-state index in [0.717, 1.165) is 11.1 Å². The van der Waals surface area contributed by atoms with Gasteiger partial charge >= 0.3 is 0 Å². The van der Waals surface area contributed by atoms with Crippen LogP contribution in [0, 0.1) is 5.82 Å². The Hall–Kier alpha value is -3.24. The number of benzene rings is 1. The minimum absolute atomic E-state index is 0.153. The summed E-state index contributed by atoms with van der Waals surface area (Å²) < 4.78 is 55.3. The zero-order chi connectivity index (χ0) is 24.9. The number of aromatic nitrogens is 3. The van der Waals surface area contributed by atoms with Crippen LogP contribution in [0.2, 0.25) is 0 Å². The van der Waals surface area contributed by atoms with Gasteiger partial charge in [0.15, 0.2) is 5.82 Å². The Bertz CT molecular complexity index is 1340. The highest BCUT2D eigenvalue weighted by Gasteiger charge is 2.26. The molecule has 34 heavy (non-hydrogen) atoms. The Labute approximate surface area is 201 Å². The van der Waals surface area contributed by atoms with Crippen LogP contribution >= 0.6 is 11.3 Å². The van der Waals surface area contributed by atoms with Crippen LogP contribution in [0.3, 0.4) is 0 Å². The predicted molar refractivity (Wildman–Crippen MR) is 133 cm³/mol. The van der Waals surface area contributed by atoms with E-state index in [9.17, 15) is 12.8 Å². The van der Waals surface area contributed by atoms with Gasteiger partial charge in [-0.15, -0.1) is 11.3 Å². The van der Waals surface area contributed by atoms with Crippen LogP contribution in [-0.2, 0) is 15.4 Å². The van der Waals surface area contributed by atoms with Crippen molar-refractivity contribution >= 4 is 27.0 Å². The minimum Gasteiger partial charge on any atom is -0.280 e. The molecule has 0 unspecified atom stereocenters. The van der Waals surface area contributed by atoms with Gasteiger partial charge in [-0.3, -0.25) is 4.72 Å². The van der Waals surface area contributed by atoms with Crippen molar-refractivity contribution in [3.05, 3.63) is 84.3 Å². The molecule has 0 saturated carbocycles. The third-order valence-corrected chi connectivity index (χ3v) is 7.11. The second-order valence-corrected chi connectivity index (χ2v) is 11.1. The van der Waals surface area contributed by atoms with E-state index >= 15 is 4.39 Å². The molecule has 0 radical (unpaired) electrons. The van der Waals surface area contributed by atoms with E-state index in [0.29, 0.717) is 16.3 Å². The fraction of sp³-hybridized carbons (Fsp3) is 0.208. The second-order valence-electron chi connectivity index (χ2n) is 8.33. The number of sulfonamides is 1. The number of thiazole rings is 1. The molecular weight excluding hydrogens is 478 g/mol. The summed E-state index contributed by atoms with van der Waals surface area (Å²) in [6.45, 7) is 9.09. The molecule has 0 amide bonds. The Morgan fingerprint density at radius 1 is 1.24 bits per heavy atom. The summed E-state index contributed by atoms with van der Waals surface area (Å²) in [6.07, 6.45) is 8.09. The standard InChI is InChI=1S/C24H24F2N4O2S2/c1-16(25)9-6-5-7-14-34(31,32)30-18-11-8-10-17(20(18)26)21-22(19-12-13-27-15-28-19)33-23(29-21)24(2,3)4/h5-13,15,30H,1,14H2,2-4H3/b7-5-,9-6-. The number of anilines is 1. The average Bonchev–Trinajstić information content (AvgIpc) is 3.21. The van der Waals surface area contributed by atoms with Crippen LogP contribution in [-0.4, -0.2) is 29.1 Å². The molecule has 1 aromatic carbocycles. The summed E-state index contributed by atoms with van der Waals surface area (Å²) in [5.41, 5.74) is 0.648. The molecule has 1 N–H and O–H groups in total. The number of rotatable bonds is 8.